The minimum Gasteiger partial charge on any atom is -0.447 e. The molecule has 0 unspecified atom stereocenters. The molecule has 0 bridgehead atoms. The molecule has 1 fully saturated rings. The minimum atomic E-state index is -0.454. The summed E-state index contributed by atoms with van der Waals surface area (Å²) in [5, 5.41) is 4.13. The summed E-state index contributed by atoms with van der Waals surface area (Å²) < 4.78 is 4.66. The summed E-state index contributed by atoms with van der Waals surface area (Å²) >= 11 is 0. The highest BCUT2D eigenvalue weighted by Gasteiger charge is 2.14. The second kappa shape index (κ2) is 5.23. The standard InChI is InChI=1S/C8H13N3O3/c1-9-7(12)3-2-4-11-5-6-14-8(13)10-11/h2-3H,4-6H2,1H3,(H,9,12)(H,10,13)/b3-2+. The SMILES string of the molecule is CNC(=O)/C=C/CN1CCOC(=O)N1. The Balaban J connectivity index is 2.26. The van der Waals surface area contributed by atoms with Crippen molar-refractivity contribution in [3.05, 3.63) is 12.2 Å². The van der Waals surface area contributed by atoms with E-state index in [0.717, 1.165) is 0 Å². The number of nitrogens with one attached hydrogen (secondary N) is 2. The van der Waals surface area contributed by atoms with Crippen molar-refractivity contribution in [1.29, 1.82) is 0 Å². The fraction of sp³-hybridized carbons (Fsp3) is 0.500. The maximum absolute atomic E-state index is 10.8. The molecule has 6 heteroatoms. The maximum Gasteiger partial charge on any atom is 0.421 e. The Labute approximate surface area is 81.9 Å². The van der Waals surface area contributed by atoms with Crippen molar-refractivity contribution in [3.63, 3.8) is 0 Å². The van der Waals surface area contributed by atoms with Crippen molar-refractivity contribution in [2.45, 2.75) is 0 Å². The van der Waals surface area contributed by atoms with Crippen molar-refractivity contribution in [2.24, 2.45) is 0 Å². The molecule has 2 amide bonds. The Morgan fingerprint density at radius 3 is 3.21 bits per heavy atom. The van der Waals surface area contributed by atoms with Gasteiger partial charge in [0.15, 0.2) is 0 Å². The number of cyclic esters (lactones) is 1. The molecule has 0 radical (unpaired) electrons. The monoisotopic (exact) mass is 199 g/mol. The highest BCUT2D eigenvalue weighted by atomic mass is 16.6. The largest absolute Gasteiger partial charge is 0.447 e. The summed E-state index contributed by atoms with van der Waals surface area (Å²) in [4.78, 5) is 21.5. The number of carbonyl (C=O) groups is 2. The summed E-state index contributed by atoms with van der Waals surface area (Å²) in [7, 11) is 1.56. The first-order chi connectivity index (χ1) is 6.72. The van der Waals surface area contributed by atoms with Crippen LogP contribution in [-0.2, 0) is 9.53 Å². The summed E-state index contributed by atoms with van der Waals surface area (Å²) in [6.07, 6.45) is 2.64. The van der Waals surface area contributed by atoms with Gasteiger partial charge in [-0.1, -0.05) is 6.08 Å². The van der Waals surface area contributed by atoms with Crippen LogP contribution in [0.4, 0.5) is 4.79 Å². The van der Waals surface area contributed by atoms with Gasteiger partial charge in [-0.15, -0.1) is 0 Å². The Morgan fingerprint density at radius 2 is 2.57 bits per heavy atom. The molecule has 0 aromatic heterocycles. The summed E-state index contributed by atoms with van der Waals surface area (Å²) in [5.74, 6) is -0.162. The van der Waals surface area contributed by atoms with E-state index in [0.29, 0.717) is 19.7 Å². The van der Waals surface area contributed by atoms with E-state index in [-0.39, 0.29) is 5.91 Å². The molecule has 14 heavy (non-hydrogen) atoms. The van der Waals surface area contributed by atoms with Crippen LogP contribution in [0.5, 0.6) is 0 Å². The lowest BCUT2D eigenvalue weighted by atomic mass is 10.4. The van der Waals surface area contributed by atoms with Crippen molar-refractivity contribution in [3.8, 4) is 0 Å². The van der Waals surface area contributed by atoms with Crippen LogP contribution in [0.15, 0.2) is 12.2 Å². The Bertz CT molecular complexity index is 252. The van der Waals surface area contributed by atoms with Crippen LogP contribution in [0.3, 0.4) is 0 Å². The molecule has 1 aliphatic heterocycles. The van der Waals surface area contributed by atoms with Gasteiger partial charge in [0.05, 0.1) is 6.54 Å². The van der Waals surface area contributed by atoms with E-state index in [9.17, 15) is 9.59 Å². The molecule has 78 valence electrons. The van der Waals surface area contributed by atoms with Crippen molar-refractivity contribution < 1.29 is 14.3 Å². The zero-order valence-corrected chi connectivity index (χ0v) is 7.95. The van der Waals surface area contributed by atoms with Gasteiger partial charge in [0, 0.05) is 19.7 Å². The molecule has 6 nitrogen and oxygen atoms in total. The second-order valence-corrected chi connectivity index (χ2v) is 2.71. The van der Waals surface area contributed by atoms with Gasteiger partial charge in [-0.05, 0) is 0 Å². The lowest BCUT2D eigenvalue weighted by molar-refractivity contribution is -0.116. The van der Waals surface area contributed by atoms with E-state index in [1.165, 1.54) is 6.08 Å². The Kier molecular flexibility index (Phi) is 3.93. The van der Waals surface area contributed by atoms with Gasteiger partial charge in [-0.2, -0.15) is 0 Å². The molecule has 1 aliphatic rings. The van der Waals surface area contributed by atoms with E-state index in [1.807, 2.05) is 0 Å². The van der Waals surface area contributed by atoms with Gasteiger partial charge in [-0.3, -0.25) is 10.2 Å². The molecule has 0 aromatic carbocycles. The molecule has 0 saturated carbocycles. The molecular weight excluding hydrogens is 186 g/mol. The van der Waals surface area contributed by atoms with Gasteiger partial charge in [-0.25, -0.2) is 9.80 Å². The van der Waals surface area contributed by atoms with Crippen LogP contribution in [0.2, 0.25) is 0 Å². The third kappa shape index (κ3) is 3.44. The third-order valence-corrected chi connectivity index (χ3v) is 1.69. The summed E-state index contributed by atoms with van der Waals surface area (Å²) in [6.45, 7) is 1.48. The Hall–Kier alpha value is -1.56. The average molecular weight is 199 g/mol. The topological polar surface area (TPSA) is 70.7 Å². The number of hydrogen-bond acceptors (Lipinski definition) is 4. The number of likely N-dealkylation sites (N-methyl/N-ethyl adjacent to an activating group) is 1. The maximum atomic E-state index is 10.8. The van der Waals surface area contributed by atoms with Crippen LogP contribution < -0.4 is 10.7 Å². The van der Waals surface area contributed by atoms with Gasteiger partial charge >= 0.3 is 6.09 Å². The smallest absolute Gasteiger partial charge is 0.421 e. The summed E-state index contributed by atoms with van der Waals surface area (Å²) in [6, 6.07) is 0. The summed E-state index contributed by atoms with van der Waals surface area (Å²) in [5.41, 5.74) is 2.50. The quantitative estimate of drug-likeness (QED) is 0.586. The average Bonchev–Trinajstić information content (AvgIpc) is 2.17. The van der Waals surface area contributed by atoms with Gasteiger partial charge in [0.25, 0.3) is 0 Å². The van der Waals surface area contributed by atoms with Crippen LogP contribution in [0.25, 0.3) is 0 Å². The highest BCUT2D eigenvalue weighted by Crippen LogP contribution is 1.93. The molecule has 1 saturated heterocycles. The number of hydrazine groups is 1. The molecule has 0 atom stereocenters. The molecule has 0 spiro atoms. The number of hydrogen-bond donors (Lipinski definition) is 2. The predicted octanol–water partition coefficient (Wildman–Crippen LogP) is -0.755. The van der Waals surface area contributed by atoms with Gasteiger partial charge in [0.2, 0.25) is 5.91 Å². The molecule has 1 heterocycles. The zero-order chi connectivity index (χ0) is 10.4. The van der Waals surface area contributed by atoms with Crippen LogP contribution in [-0.4, -0.2) is 43.8 Å². The number of nitrogens with zero attached hydrogens (tertiary/aromatic N) is 1. The molecular formula is C8H13N3O3. The normalized spacial score (nSPS) is 17.6. The van der Waals surface area contributed by atoms with E-state index >= 15 is 0 Å². The van der Waals surface area contributed by atoms with Crippen LogP contribution in [0.1, 0.15) is 0 Å². The van der Waals surface area contributed by atoms with Crippen molar-refractivity contribution in [2.75, 3.05) is 26.7 Å². The van der Waals surface area contributed by atoms with Crippen molar-refractivity contribution >= 4 is 12.0 Å². The van der Waals surface area contributed by atoms with E-state index in [4.69, 9.17) is 0 Å². The number of rotatable bonds is 3. The molecule has 0 aliphatic carbocycles. The molecule has 1 rings (SSSR count). The first-order valence-corrected chi connectivity index (χ1v) is 4.29. The number of carbonyl (C=O) groups excluding carboxylic acids is 2. The van der Waals surface area contributed by atoms with E-state index in [2.05, 4.69) is 15.5 Å². The Morgan fingerprint density at radius 1 is 1.79 bits per heavy atom. The highest BCUT2D eigenvalue weighted by molar-refractivity contribution is 5.87. The lowest BCUT2D eigenvalue weighted by Crippen LogP contribution is -2.49. The number of amides is 2. The predicted molar refractivity (Wildman–Crippen MR) is 49.3 cm³/mol. The van der Waals surface area contributed by atoms with E-state index in [1.54, 1.807) is 18.1 Å². The first kappa shape index (κ1) is 10.5. The van der Waals surface area contributed by atoms with Crippen LogP contribution >= 0.6 is 0 Å². The fourth-order valence-electron chi connectivity index (χ4n) is 0.973. The molecule has 2 N–H and O–H groups in total. The van der Waals surface area contributed by atoms with Crippen LogP contribution in [0, 0.1) is 0 Å². The molecule has 0 aromatic rings. The third-order valence-electron chi connectivity index (χ3n) is 1.69. The minimum absolute atomic E-state index is 0.162. The van der Waals surface area contributed by atoms with E-state index < -0.39 is 6.09 Å². The second-order valence-electron chi connectivity index (χ2n) is 2.71. The van der Waals surface area contributed by atoms with Crippen molar-refractivity contribution in [1.82, 2.24) is 15.8 Å². The number of ether oxygens (including phenoxy) is 1. The lowest BCUT2D eigenvalue weighted by Gasteiger charge is -2.25. The van der Waals surface area contributed by atoms with Gasteiger partial charge < -0.3 is 10.1 Å². The first-order valence-electron chi connectivity index (χ1n) is 4.29. The van der Waals surface area contributed by atoms with Gasteiger partial charge in [0.1, 0.15) is 6.61 Å². The fourth-order valence-corrected chi connectivity index (χ4v) is 0.973. The zero-order valence-electron chi connectivity index (χ0n) is 7.95.